The van der Waals surface area contributed by atoms with Crippen LogP contribution in [0.4, 0.5) is 14.6 Å². The minimum Gasteiger partial charge on any atom is -0.497 e. The number of nitrogens with one attached hydrogen (secondary N) is 1. The minimum absolute atomic E-state index is 0.165. The zero-order valence-corrected chi connectivity index (χ0v) is 22.6. The van der Waals surface area contributed by atoms with Crippen molar-refractivity contribution in [2.45, 2.75) is 51.9 Å². The number of nitrogens with zero attached hydrogens (tertiary/aromatic N) is 3. The number of fused-ring (bicyclic) bond motifs is 1. The highest BCUT2D eigenvalue weighted by Gasteiger charge is 2.35. The second-order valence-corrected chi connectivity index (χ2v) is 9.72. The van der Waals surface area contributed by atoms with Crippen LogP contribution in [0.25, 0.3) is 22.3 Å². The number of alkyl halides is 2. The second kappa shape index (κ2) is 12.0. The van der Waals surface area contributed by atoms with Gasteiger partial charge in [-0.05, 0) is 49.9 Å². The Labute approximate surface area is 226 Å². The molecule has 210 valence electrons. The molecule has 3 aromatic rings. The summed E-state index contributed by atoms with van der Waals surface area (Å²) in [5, 5.41) is 9.25. The van der Waals surface area contributed by atoms with Gasteiger partial charge in [-0.3, -0.25) is 10.0 Å². The molecule has 4 rings (SSSR count). The van der Waals surface area contributed by atoms with Gasteiger partial charge in [-0.25, -0.2) is 24.2 Å². The SMILES string of the molecule is COc1cc(OC)c2c(N3CCC(F)(F)CC3)nc(-c3cc(C)c(OCCCCC(=O)NO)c(C)c3)nc2c1. The maximum absolute atomic E-state index is 14.0. The van der Waals surface area contributed by atoms with E-state index in [0.717, 1.165) is 22.4 Å². The number of aryl methyl sites for hydroxylation is 2. The molecule has 0 radical (unpaired) electrons. The van der Waals surface area contributed by atoms with Gasteiger partial charge in [-0.15, -0.1) is 0 Å². The Morgan fingerprint density at radius 1 is 1.05 bits per heavy atom. The number of ether oxygens (including phenoxy) is 3. The van der Waals surface area contributed by atoms with Crippen LogP contribution < -0.4 is 24.6 Å². The summed E-state index contributed by atoms with van der Waals surface area (Å²) in [4.78, 5) is 22.7. The molecule has 0 spiro atoms. The van der Waals surface area contributed by atoms with Crippen LogP contribution in [0.2, 0.25) is 0 Å². The number of aromatic nitrogens is 2. The van der Waals surface area contributed by atoms with Crippen molar-refractivity contribution in [3.05, 3.63) is 35.4 Å². The summed E-state index contributed by atoms with van der Waals surface area (Å²) in [6.07, 6.45) is 0.973. The van der Waals surface area contributed by atoms with Gasteiger partial charge in [-0.1, -0.05) is 0 Å². The molecule has 0 unspecified atom stereocenters. The van der Waals surface area contributed by atoms with Gasteiger partial charge in [0.05, 0.1) is 31.7 Å². The first-order valence-electron chi connectivity index (χ1n) is 12.9. The number of piperidine rings is 1. The molecule has 1 saturated heterocycles. The van der Waals surface area contributed by atoms with Crippen molar-refractivity contribution >= 4 is 22.6 Å². The second-order valence-electron chi connectivity index (χ2n) is 9.72. The number of hydrogen-bond acceptors (Lipinski definition) is 8. The molecule has 9 nitrogen and oxygen atoms in total. The fourth-order valence-corrected chi connectivity index (χ4v) is 4.79. The lowest BCUT2D eigenvalue weighted by Crippen LogP contribution is -2.40. The third kappa shape index (κ3) is 6.47. The smallest absolute Gasteiger partial charge is 0.251 e. The van der Waals surface area contributed by atoms with E-state index >= 15 is 0 Å². The summed E-state index contributed by atoms with van der Waals surface area (Å²) in [6, 6.07) is 7.41. The average Bonchev–Trinajstić information content (AvgIpc) is 2.92. The first kappa shape index (κ1) is 28.3. The van der Waals surface area contributed by atoms with E-state index in [1.54, 1.807) is 31.8 Å². The lowest BCUT2D eigenvalue weighted by Gasteiger charge is -2.33. The van der Waals surface area contributed by atoms with Crippen LogP contribution in [-0.2, 0) is 4.79 Å². The number of rotatable bonds is 10. The van der Waals surface area contributed by atoms with E-state index in [-0.39, 0.29) is 32.4 Å². The van der Waals surface area contributed by atoms with Gasteiger partial charge in [0.2, 0.25) is 5.91 Å². The van der Waals surface area contributed by atoms with Gasteiger partial charge in [0.25, 0.3) is 5.92 Å². The molecule has 1 aliphatic rings. The summed E-state index contributed by atoms with van der Waals surface area (Å²) in [5.41, 5.74) is 4.77. The molecule has 0 bridgehead atoms. The summed E-state index contributed by atoms with van der Waals surface area (Å²) in [5.74, 6) is -0.290. The fourth-order valence-electron chi connectivity index (χ4n) is 4.79. The van der Waals surface area contributed by atoms with Gasteiger partial charge in [0.15, 0.2) is 5.82 Å². The van der Waals surface area contributed by atoms with Crippen molar-refractivity contribution in [1.82, 2.24) is 15.4 Å². The van der Waals surface area contributed by atoms with Crippen molar-refractivity contribution in [3.8, 4) is 28.6 Å². The molecule has 0 aliphatic carbocycles. The quantitative estimate of drug-likeness (QED) is 0.203. The number of hydrogen-bond donors (Lipinski definition) is 2. The van der Waals surface area contributed by atoms with E-state index < -0.39 is 11.8 Å². The topological polar surface area (TPSA) is 106 Å². The number of carbonyl (C=O) groups is 1. The van der Waals surface area contributed by atoms with E-state index in [1.807, 2.05) is 30.9 Å². The number of unbranched alkanes of at least 4 members (excludes halogenated alkanes) is 1. The molecule has 1 aromatic heterocycles. The third-order valence-electron chi connectivity index (χ3n) is 6.85. The summed E-state index contributed by atoms with van der Waals surface area (Å²) in [7, 11) is 3.10. The van der Waals surface area contributed by atoms with E-state index in [2.05, 4.69) is 0 Å². The molecular formula is C28H34F2N4O5. The van der Waals surface area contributed by atoms with Gasteiger partial charge in [-0.2, -0.15) is 0 Å². The zero-order chi connectivity index (χ0) is 28.2. The molecule has 0 atom stereocenters. The molecule has 1 fully saturated rings. The molecular weight excluding hydrogens is 510 g/mol. The Bertz CT molecular complexity index is 1320. The van der Waals surface area contributed by atoms with E-state index in [0.29, 0.717) is 53.5 Å². The Kier molecular flexibility index (Phi) is 8.69. The molecule has 39 heavy (non-hydrogen) atoms. The predicted octanol–water partition coefficient (Wildman–Crippen LogP) is 5.22. The van der Waals surface area contributed by atoms with Crippen molar-refractivity contribution in [3.63, 3.8) is 0 Å². The average molecular weight is 545 g/mol. The van der Waals surface area contributed by atoms with Crippen LogP contribution in [0, 0.1) is 13.8 Å². The highest BCUT2D eigenvalue weighted by atomic mass is 19.3. The van der Waals surface area contributed by atoms with Crippen LogP contribution >= 0.6 is 0 Å². The Morgan fingerprint density at radius 3 is 2.36 bits per heavy atom. The Morgan fingerprint density at radius 2 is 1.74 bits per heavy atom. The number of halogens is 2. The van der Waals surface area contributed by atoms with Gasteiger partial charge < -0.3 is 19.1 Å². The lowest BCUT2D eigenvalue weighted by atomic mass is 10.0. The van der Waals surface area contributed by atoms with Crippen LogP contribution in [0.3, 0.4) is 0 Å². The zero-order valence-electron chi connectivity index (χ0n) is 22.6. The maximum atomic E-state index is 14.0. The van der Waals surface area contributed by atoms with Crippen LogP contribution in [-0.4, -0.2) is 60.9 Å². The summed E-state index contributed by atoms with van der Waals surface area (Å²) < 4.78 is 45.0. The van der Waals surface area contributed by atoms with E-state index in [9.17, 15) is 13.6 Å². The number of anilines is 1. The Hall–Kier alpha value is -3.73. The van der Waals surface area contributed by atoms with Gasteiger partial charge in [0, 0.05) is 50.0 Å². The highest BCUT2D eigenvalue weighted by molar-refractivity contribution is 5.97. The van der Waals surface area contributed by atoms with Gasteiger partial charge in [0.1, 0.15) is 23.1 Å². The van der Waals surface area contributed by atoms with Crippen LogP contribution in [0.1, 0.15) is 43.2 Å². The predicted molar refractivity (Wildman–Crippen MR) is 143 cm³/mol. The number of methoxy groups -OCH3 is 2. The van der Waals surface area contributed by atoms with Crippen molar-refractivity contribution in [2.24, 2.45) is 0 Å². The monoisotopic (exact) mass is 544 g/mol. The normalized spacial score (nSPS) is 14.8. The standard InChI is InChI=1S/C28H34F2N4O5/c1-17-13-19(14-18(2)25(17)39-12-6-5-7-23(35)33-36)26-31-21-15-20(37-3)16-22(38-4)24(21)27(32-26)34-10-8-28(29,30)9-11-34/h13-16,36H,5-12H2,1-4H3,(H,33,35). The van der Waals surface area contributed by atoms with Crippen LogP contribution in [0.15, 0.2) is 24.3 Å². The van der Waals surface area contributed by atoms with E-state index in [1.165, 1.54) is 0 Å². The molecule has 0 saturated carbocycles. The first-order valence-corrected chi connectivity index (χ1v) is 12.9. The fraction of sp³-hybridized carbons (Fsp3) is 0.464. The first-order chi connectivity index (χ1) is 18.7. The highest BCUT2D eigenvalue weighted by Crippen LogP contribution is 2.40. The van der Waals surface area contributed by atoms with Gasteiger partial charge >= 0.3 is 0 Å². The molecule has 2 heterocycles. The summed E-state index contributed by atoms with van der Waals surface area (Å²) in [6.45, 7) is 4.63. The molecule has 11 heteroatoms. The number of hydroxylamine groups is 1. The molecule has 1 amide bonds. The maximum Gasteiger partial charge on any atom is 0.251 e. The number of benzene rings is 2. The number of amides is 1. The third-order valence-corrected chi connectivity index (χ3v) is 6.85. The number of carbonyl (C=O) groups excluding carboxylic acids is 1. The van der Waals surface area contributed by atoms with Crippen molar-refractivity contribution < 1.29 is 33.0 Å². The van der Waals surface area contributed by atoms with Crippen LogP contribution in [0.5, 0.6) is 17.2 Å². The minimum atomic E-state index is -2.69. The van der Waals surface area contributed by atoms with Crippen molar-refractivity contribution in [2.75, 3.05) is 38.8 Å². The Balaban J connectivity index is 1.69. The molecule has 2 N–H and O–H groups in total. The van der Waals surface area contributed by atoms with Crippen molar-refractivity contribution in [1.29, 1.82) is 0 Å². The van der Waals surface area contributed by atoms with E-state index in [4.69, 9.17) is 29.4 Å². The molecule has 1 aliphatic heterocycles. The lowest BCUT2D eigenvalue weighted by molar-refractivity contribution is -0.129. The largest absolute Gasteiger partial charge is 0.497 e. The summed E-state index contributed by atoms with van der Waals surface area (Å²) >= 11 is 0. The molecule has 2 aromatic carbocycles.